The van der Waals surface area contributed by atoms with Crippen LogP contribution in [0.4, 0.5) is 5.00 Å². The Morgan fingerprint density at radius 1 is 0.903 bits per heavy atom. The number of hydrogen-bond acceptors (Lipinski definition) is 6. The van der Waals surface area contributed by atoms with Gasteiger partial charge in [0.05, 0.1) is 13.2 Å². The summed E-state index contributed by atoms with van der Waals surface area (Å²) in [6.07, 6.45) is 0. The molecule has 0 spiro atoms. The summed E-state index contributed by atoms with van der Waals surface area (Å²) in [7, 11) is 0. The summed E-state index contributed by atoms with van der Waals surface area (Å²) in [5.41, 5.74) is 1.94. The van der Waals surface area contributed by atoms with Crippen molar-refractivity contribution in [2.45, 2.75) is 20.8 Å². The van der Waals surface area contributed by atoms with E-state index in [-0.39, 0.29) is 19.1 Å². The van der Waals surface area contributed by atoms with Gasteiger partial charge in [-0.25, -0.2) is 4.79 Å². The average molecular weight is 440 g/mol. The van der Waals surface area contributed by atoms with Crippen LogP contribution in [0.15, 0.2) is 54.6 Å². The van der Waals surface area contributed by atoms with Crippen molar-refractivity contribution < 1.29 is 23.8 Å². The molecule has 1 N–H and O–H groups in total. The number of aryl methyl sites for hydroxylation is 1. The fraction of sp³-hybridized carbons (Fsp3) is 0.250. The van der Waals surface area contributed by atoms with E-state index in [1.54, 1.807) is 19.1 Å². The van der Waals surface area contributed by atoms with E-state index >= 15 is 0 Å². The fourth-order valence-electron chi connectivity index (χ4n) is 3.09. The van der Waals surface area contributed by atoms with Gasteiger partial charge in [0.15, 0.2) is 6.61 Å². The lowest BCUT2D eigenvalue weighted by molar-refractivity contribution is -0.118. The van der Waals surface area contributed by atoms with Crippen molar-refractivity contribution in [2.75, 3.05) is 25.1 Å². The third-order valence-electron chi connectivity index (χ3n) is 4.38. The second-order valence-electron chi connectivity index (χ2n) is 6.57. The minimum absolute atomic E-state index is 0.165. The first-order valence-corrected chi connectivity index (χ1v) is 10.9. The van der Waals surface area contributed by atoms with Gasteiger partial charge in [-0.15, -0.1) is 11.3 Å². The number of nitrogens with one attached hydrogen (secondary N) is 1. The van der Waals surface area contributed by atoms with Gasteiger partial charge in [-0.1, -0.05) is 30.3 Å². The topological polar surface area (TPSA) is 73.9 Å². The third-order valence-corrected chi connectivity index (χ3v) is 5.40. The van der Waals surface area contributed by atoms with Crippen LogP contribution in [0.25, 0.3) is 11.1 Å². The van der Waals surface area contributed by atoms with Crippen molar-refractivity contribution in [3.63, 3.8) is 0 Å². The zero-order valence-electron chi connectivity index (χ0n) is 17.8. The van der Waals surface area contributed by atoms with Crippen LogP contribution in [0.3, 0.4) is 0 Å². The molecule has 1 heterocycles. The Morgan fingerprint density at radius 2 is 1.58 bits per heavy atom. The number of thiophene rings is 1. The Balaban J connectivity index is 1.86. The molecule has 0 atom stereocenters. The van der Waals surface area contributed by atoms with Gasteiger partial charge in [0.1, 0.15) is 22.1 Å². The molecule has 0 radical (unpaired) electrons. The van der Waals surface area contributed by atoms with Crippen LogP contribution in [0.1, 0.15) is 29.1 Å². The first kappa shape index (κ1) is 22.4. The molecular formula is C24H25NO5S. The van der Waals surface area contributed by atoms with Crippen molar-refractivity contribution in [3.8, 4) is 22.6 Å². The minimum Gasteiger partial charge on any atom is -0.494 e. The first-order chi connectivity index (χ1) is 15.0. The standard InChI is InChI=1S/C24H25NO5S/c1-4-28-19-13-11-17(12-14-19)21-16(3)31-23(22(21)24(27)29-5-2)25-20(26)15-30-18-9-7-6-8-10-18/h6-14H,4-5,15H2,1-3H3,(H,25,26). The molecule has 1 aromatic heterocycles. The molecule has 0 aliphatic carbocycles. The number of rotatable bonds is 9. The maximum atomic E-state index is 12.8. The number of ether oxygens (including phenoxy) is 3. The monoisotopic (exact) mass is 439 g/mol. The van der Waals surface area contributed by atoms with Gasteiger partial charge < -0.3 is 19.5 Å². The Hall–Kier alpha value is -3.32. The van der Waals surface area contributed by atoms with E-state index in [0.29, 0.717) is 22.9 Å². The molecule has 1 amide bonds. The van der Waals surface area contributed by atoms with E-state index in [9.17, 15) is 9.59 Å². The van der Waals surface area contributed by atoms with E-state index in [2.05, 4.69) is 5.32 Å². The van der Waals surface area contributed by atoms with Crippen molar-refractivity contribution in [1.82, 2.24) is 0 Å². The quantitative estimate of drug-likeness (QED) is 0.457. The fourth-order valence-corrected chi connectivity index (χ4v) is 4.17. The van der Waals surface area contributed by atoms with Crippen molar-refractivity contribution in [1.29, 1.82) is 0 Å². The highest BCUT2D eigenvalue weighted by atomic mass is 32.1. The van der Waals surface area contributed by atoms with Gasteiger partial charge in [0.25, 0.3) is 5.91 Å². The molecule has 0 saturated heterocycles. The Bertz CT molecular complexity index is 1030. The molecule has 2 aromatic carbocycles. The van der Waals surface area contributed by atoms with Gasteiger partial charge in [0.2, 0.25) is 0 Å². The maximum Gasteiger partial charge on any atom is 0.341 e. The minimum atomic E-state index is -0.477. The van der Waals surface area contributed by atoms with Gasteiger partial charge >= 0.3 is 5.97 Å². The number of carbonyl (C=O) groups is 2. The number of anilines is 1. The van der Waals surface area contributed by atoms with E-state index in [0.717, 1.165) is 21.8 Å². The second-order valence-corrected chi connectivity index (χ2v) is 7.79. The molecule has 3 rings (SSSR count). The lowest BCUT2D eigenvalue weighted by Gasteiger charge is -2.10. The van der Waals surface area contributed by atoms with Crippen LogP contribution in [0, 0.1) is 6.92 Å². The smallest absolute Gasteiger partial charge is 0.341 e. The Kier molecular flexibility index (Phi) is 7.67. The summed E-state index contributed by atoms with van der Waals surface area (Å²) < 4.78 is 16.3. The molecule has 0 aliphatic rings. The Morgan fingerprint density at radius 3 is 2.23 bits per heavy atom. The molecule has 31 heavy (non-hydrogen) atoms. The summed E-state index contributed by atoms with van der Waals surface area (Å²) in [5, 5.41) is 3.26. The van der Waals surface area contributed by atoms with E-state index < -0.39 is 5.97 Å². The van der Waals surface area contributed by atoms with Crippen molar-refractivity contribution in [2.24, 2.45) is 0 Å². The summed E-state index contributed by atoms with van der Waals surface area (Å²) in [6, 6.07) is 16.6. The molecule has 162 valence electrons. The second kappa shape index (κ2) is 10.6. The molecule has 7 heteroatoms. The highest BCUT2D eigenvalue weighted by Crippen LogP contribution is 2.40. The largest absolute Gasteiger partial charge is 0.494 e. The number of esters is 1. The SMILES string of the molecule is CCOC(=O)c1c(NC(=O)COc2ccccc2)sc(C)c1-c1ccc(OCC)cc1. The van der Waals surface area contributed by atoms with E-state index in [4.69, 9.17) is 14.2 Å². The zero-order valence-corrected chi connectivity index (χ0v) is 18.6. The van der Waals surface area contributed by atoms with Gasteiger partial charge in [-0.2, -0.15) is 0 Å². The average Bonchev–Trinajstić information content (AvgIpc) is 3.09. The lowest BCUT2D eigenvalue weighted by Crippen LogP contribution is -2.21. The van der Waals surface area contributed by atoms with E-state index in [1.807, 2.05) is 56.3 Å². The van der Waals surface area contributed by atoms with Gasteiger partial charge in [-0.3, -0.25) is 4.79 Å². The number of hydrogen-bond donors (Lipinski definition) is 1. The summed E-state index contributed by atoms with van der Waals surface area (Å²) in [6.45, 7) is 6.23. The third kappa shape index (κ3) is 5.64. The molecule has 3 aromatic rings. The summed E-state index contributed by atoms with van der Waals surface area (Å²) in [4.78, 5) is 26.2. The number of benzene rings is 2. The van der Waals surface area contributed by atoms with Crippen LogP contribution in [-0.2, 0) is 9.53 Å². The Labute approximate surface area is 185 Å². The van der Waals surface area contributed by atoms with Crippen LogP contribution in [-0.4, -0.2) is 31.7 Å². The molecule has 0 saturated carbocycles. The summed E-state index contributed by atoms with van der Waals surface area (Å²) >= 11 is 1.33. The number of para-hydroxylation sites is 1. The van der Waals surface area contributed by atoms with E-state index in [1.165, 1.54) is 11.3 Å². The predicted octanol–water partition coefficient (Wildman–Crippen LogP) is 5.32. The van der Waals surface area contributed by atoms with Crippen LogP contribution in [0.5, 0.6) is 11.5 Å². The predicted molar refractivity (Wildman–Crippen MR) is 122 cm³/mol. The number of carbonyl (C=O) groups excluding carboxylic acids is 2. The summed E-state index contributed by atoms with van der Waals surface area (Å²) in [5.74, 6) is 0.521. The van der Waals surface area contributed by atoms with Crippen LogP contribution >= 0.6 is 11.3 Å². The van der Waals surface area contributed by atoms with Crippen molar-refractivity contribution in [3.05, 3.63) is 65.0 Å². The number of amides is 1. The highest BCUT2D eigenvalue weighted by Gasteiger charge is 2.25. The normalized spacial score (nSPS) is 10.4. The zero-order chi connectivity index (χ0) is 22.2. The molecule has 0 fully saturated rings. The first-order valence-electron chi connectivity index (χ1n) is 10.0. The van der Waals surface area contributed by atoms with Crippen molar-refractivity contribution >= 4 is 28.2 Å². The molecular weight excluding hydrogens is 414 g/mol. The molecule has 6 nitrogen and oxygen atoms in total. The van der Waals surface area contributed by atoms with Gasteiger partial charge in [-0.05, 0) is 50.6 Å². The molecule has 0 unspecified atom stereocenters. The molecule has 0 aliphatic heterocycles. The van der Waals surface area contributed by atoms with Gasteiger partial charge in [0, 0.05) is 10.4 Å². The van der Waals surface area contributed by atoms with Crippen LogP contribution in [0.2, 0.25) is 0 Å². The molecule has 0 bridgehead atoms. The highest BCUT2D eigenvalue weighted by molar-refractivity contribution is 7.17. The van der Waals surface area contributed by atoms with Crippen LogP contribution < -0.4 is 14.8 Å². The lowest BCUT2D eigenvalue weighted by atomic mass is 10.0. The maximum absolute atomic E-state index is 12.8.